The molecule has 5 nitrogen and oxygen atoms in total. The summed E-state index contributed by atoms with van der Waals surface area (Å²) in [6.45, 7) is 3.16. The summed E-state index contributed by atoms with van der Waals surface area (Å²) in [7, 11) is 1.69. The van der Waals surface area contributed by atoms with Crippen molar-refractivity contribution in [3.05, 3.63) is 11.7 Å². The van der Waals surface area contributed by atoms with E-state index in [1.807, 2.05) is 0 Å². The van der Waals surface area contributed by atoms with Gasteiger partial charge in [0.1, 0.15) is 6.10 Å². The summed E-state index contributed by atoms with van der Waals surface area (Å²) >= 11 is 0. The highest BCUT2D eigenvalue weighted by Gasteiger charge is 2.23. The molecule has 18 heavy (non-hydrogen) atoms. The van der Waals surface area contributed by atoms with Crippen LogP contribution in [0.3, 0.4) is 0 Å². The van der Waals surface area contributed by atoms with Gasteiger partial charge in [0.2, 0.25) is 11.7 Å². The average Bonchev–Trinajstić information content (AvgIpc) is 2.71. The number of nitrogens with zero attached hydrogens (tertiary/aromatic N) is 2. The first kappa shape index (κ1) is 13.5. The van der Waals surface area contributed by atoms with Gasteiger partial charge in [-0.2, -0.15) is 4.98 Å². The molecule has 2 heterocycles. The molecule has 1 aliphatic heterocycles. The van der Waals surface area contributed by atoms with Gasteiger partial charge in [-0.3, -0.25) is 0 Å². The first-order valence-electron chi connectivity index (χ1n) is 6.94. The van der Waals surface area contributed by atoms with Crippen LogP contribution >= 0.6 is 0 Å². The molecule has 0 radical (unpaired) electrons. The molecule has 1 saturated heterocycles. The van der Waals surface area contributed by atoms with Crippen molar-refractivity contribution in [3.63, 3.8) is 0 Å². The number of nitrogens with one attached hydrogen (secondary N) is 1. The van der Waals surface area contributed by atoms with E-state index < -0.39 is 0 Å². The number of hydrogen-bond acceptors (Lipinski definition) is 5. The highest BCUT2D eigenvalue weighted by Crippen LogP contribution is 2.24. The standard InChI is InChI=1S/C13H23N3O2/c1-3-7-11(17-2)12-15-13(18-16-12)10-8-5-4-6-9-14-10/h10-11,14H,3-9H2,1-2H3. The molecule has 0 amide bonds. The summed E-state index contributed by atoms with van der Waals surface area (Å²) in [5.74, 6) is 1.39. The molecule has 1 aromatic heterocycles. The Morgan fingerprint density at radius 1 is 1.44 bits per heavy atom. The van der Waals surface area contributed by atoms with E-state index in [1.54, 1.807) is 7.11 Å². The third kappa shape index (κ3) is 3.29. The SMILES string of the molecule is CCCC(OC)c1noc(C2CCCCCN2)n1. The lowest BCUT2D eigenvalue weighted by Gasteiger charge is -2.10. The Kier molecular flexibility index (Phi) is 5.13. The monoisotopic (exact) mass is 253 g/mol. The molecule has 0 bridgehead atoms. The highest BCUT2D eigenvalue weighted by molar-refractivity contribution is 4.96. The first-order valence-corrected chi connectivity index (χ1v) is 6.94. The lowest BCUT2D eigenvalue weighted by atomic mass is 10.1. The largest absolute Gasteiger partial charge is 0.373 e. The molecule has 2 atom stereocenters. The van der Waals surface area contributed by atoms with Crippen molar-refractivity contribution in [2.75, 3.05) is 13.7 Å². The second-order valence-corrected chi connectivity index (χ2v) is 4.86. The maximum Gasteiger partial charge on any atom is 0.243 e. The van der Waals surface area contributed by atoms with Gasteiger partial charge in [-0.05, 0) is 25.8 Å². The maximum atomic E-state index is 5.40. The summed E-state index contributed by atoms with van der Waals surface area (Å²) < 4.78 is 10.8. The van der Waals surface area contributed by atoms with Gasteiger partial charge in [-0.15, -0.1) is 0 Å². The van der Waals surface area contributed by atoms with E-state index in [1.165, 1.54) is 19.3 Å². The molecule has 2 unspecified atom stereocenters. The van der Waals surface area contributed by atoms with Gasteiger partial charge < -0.3 is 14.6 Å². The summed E-state index contributed by atoms with van der Waals surface area (Å²) in [6.07, 6.45) is 6.73. The molecule has 0 spiro atoms. The molecular weight excluding hydrogens is 230 g/mol. The topological polar surface area (TPSA) is 60.2 Å². The van der Waals surface area contributed by atoms with Gasteiger partial charge in [-0.25, -0.2) is 0 Å². The summed E-state index contributed by atoms with van der Waals surface area (Å²) in [5, 5.41) is 7.52. The normalized spacial score (nSPS) is 22.7. The lowest BCUT2D eigenvalue weighted by molar-refractivity contribution is 0.0854. The van der Waals surface area contributed by atoms with Gasteiger partial charge >= 0.3 is 0 Å². The Labute approximate surface area is 108 Å². The minimum absolute atomic E-state index is 0.0433. The number of aromatic nitrogens is 2. The van der Waals surface area contributed by atoms with Crippen LogP contribution < -0.4 is 5.32 Å². The second kappa shape index (κ2) is 6.85. The predicted octanol–water partition coefficient (Wildman–Crippen LogP) is 2.76. The molecule has 1 aliphatic rings. The van der Waals surface area contributed by atoms with E-state index in [9.17, 15) is 0 Å². The summed E-state index contributed by atoms with van der Waals surface area (Å²) in [6, 6.07) is 0.216. The van der Waals surface area contributed by atoms with Crippen LogP contribution in [0.5, 0.6) is 0 Å². The van der Waals surface area contributed by atoms with Gasteiger partial charge in [0.05, 0.1) is 6.04 Å². The van der Waals surface area contributed by atoms with E-state index >= 15 is 0 Å². The number of rotatable bonds is 5. The van der Waals surface area contributed by atoms with E-state index in [-0.39, 0.29) is 12.1 Å². The van der Waals surface area contributed by atoms with Crippen LogP contribution in [-0.2, 0) is 4.74 Å². The van der Waals surface area contributed by atoms with Gasteiger partial charge in [0.25, 0.3) is 0 Å². The molecule has 2 rings (SSSR count). The molecule has 0 aromatic carbocycles. The maximum absolute atomic E-state index is 5.40. The number of ether oxygens (including phenoxy) is 1. The van der Waals surface area contributed by atoms with E-state index in [0.29, 0.717) is 11.7 Å². The average molecular weight is 253 g/mol. The molecule has 0 aliphatic carbocycles. The zero-order valence-electron chi connectivity index (χ0n) is 11.3. The van der Waals surface area contributed by atoms with Crippen LogP contribution in [0.4, 0.5) is 0 Å². The van der Waals surface area contributed by atoms with Gasteiger partial charge in [0.15, 0.2) is 0 Å². The lowest BCUT2D eigenvalue weighted by Crippen LogP contribution is -2.20. The van der Waals surface area contributed by atoms with Crippen molar-refractivity contribution in [1.29, 1.82) is 0 Å². The van der Waals surface area contributed by atoms with Gasteiger partial charge in [0, 0.05) is 7.11 Å². The van der Waals surface area contributed by atoms with E-state index in [0.717, 1.165) is 25.8 Å². The van der Waals surface area contributed by atoms with Crippen molar-refractivity contribution >= 4 is 0 Å². The molecule has 1 fully saturated rings. The zero-order chi connectivity index (χ0) is 12.8. The Hall–Kier alpha value is -0.940. The third-order valence-electron chi connectivity index (χ3n) is 3.44. The van der Waals surface area contributed by atoms with Crippen molar-refractivity contribution in [2.45, 2.75) is 57.6 Å². The fraction of sp³-hybridized carbons (Fsp3) is 0.846. The Bertz CT molecular complexity index is 346. The van der Waals surface area contributed by atoms with Crippen molar-refractivity contribution in [3.8, 4) is 0 Å². The third-order valence-corrected chi connectivity index (χ3v) is 3.44. The smallest absolute Gasteiger partial charge is 0.243 e. The molecule has 1 N–H and O–H groups in total. The van der Waals surface area contributed by atoms with Crippen LogP contribution in [0.25, 0.3) is 0 Å². The summed E-state index contributed by atoms with van der Waals surface area (Å²) in [5.41, 5.74) is 0. The molecule has 5 heteroatoms. The number of hydrogen-bond donors (Lipinski definition) is 1. The summed E-state index contributed by atoms with van der Waals surface area (Å²) in [4.78, 5) is 4.50. The van der Waals surface area contributed by atoms with Crippen LogP contribution in [0.1, 0.15) is 69.3 Å². The Morgan fingerprint density at radius 3 is 3.11 bits per heavy atom. The van der Waals surface area contributed by atoms with Crippen LogP contribution in [0.2, 0.25) is 0 Å². The predicted molar refractivity (Wildman–Crippen MR) is 68.2 cm³/mol. The quantitative estimate of drug-likeness (QED) is 0.874. The minimum Gasteiger partial charge on any atom is -0.373 e. The molecule has 1 aromatic rings. The molecular formula is C13H23N3O2. The van der Waals surface area contributed by atoms with Crippen LogP contribution in [-0.4, -0.2) is 23.8 Å². The van der Waals surface area contributed by atoms with Gasteiger partial charge in [-0.1, -0.05) is 31.3 Å². The highest BCUT2D eigenvalue weighted by atomic mass is 16.5. The Balaban J connectivity index is 2.03. The van der Waals surface area contributed by atoms with Crippen molar-refractivity contribution < 1.29 is 9.26 Å². The number of methoxy groups -OCH3 is 1. The van der Waals surface area contributed by atoms with Crippen LogP contribution in [0, 0.1) is 0 Å². The fourth-order valence-corrected chi connectivity index (χ4v) is 2.37. The minimum atomic E-state index is -0.0433. The Morgan fingerprint density at radius 2 is 2.33 bits per heavy atom. The zero-order valence-corrected chi connectivity index (χ0v) is 11.3. The van der Waals surface area contributed by atoms with Crippen molar-refractivity contribution in [1.82, 2.24) is 15.5 Å². The fourth-order valence-electron chi connectivity index (χ4n) is 2.37. The van der Waals surface area contributed by atoms with Crippen molar-refractivity contribution in [2.24, 2.45) is 0 Å². The second-order valence-electron chi connectivity index (χ2n) is 4.86. The molecule has 0 saturated carbocycles. The van der Waals surface area contributed by atoms with Crippen LogP contribution in [0.15, 0.2) is 4.52 Å². The van der Waals surface area contributed by atoms with E-state index in [2.05, 4.69) is 22.4 Å². The van der Waals surface area contributed by atoms with E-state index in [4.69, 9.17) is 9.26 Å². The first-order chi connectivity index (χ1) is 8.85. The molecule has 102 valence electrons.